The fourth-order valence-electron chi connectivity index (χ4n) is 2.58. The lowest BCUT2D eigenvalue weighted by Gasteiger charge is -2.03. The maximum absolute atomic E-state index is 6.33. The molecule has 1 aromatic carbocycles. The average Bonchev–Trinajstić information content (AvgIpc) is 3.31. The minimum atomic E-state index is 0.415. The van der Waals surface area contributed by atoms with Crippen LogP contribution in [-0.2, 0) is 0 Å². The minimum absolute atomic E-state index is 0.415. The minimum Gasteiger partial charge on any atom is -0.340 e. The SMILES string of the molecule is Clc1ccc(-c2csc3nc(Nc4ncnc5nc[nH]c45)nn23)c(Cl)c1. The maximum atomic E-state index is 6.33. The van der Waals surface area contributed by atoms with Crippen molar-refractivity contribution in [1.29, 1.82) is 0 Å². The number of hydrogen-bond acceptors (Lipinski definition) is 7. The van der Waals surface area contributed by atoms with Crippen LogP contribution in [0.5, 0.6) is 0 Å². The Morgan fingerprint density at radius 2 is 2.08 bits per heavy atom. The molecule has 0 aliphatic carbocycles. The van der Waals surface area contributed by atoms with E-state index in [1.165, 1.54) is 17.7 Å². The van der Waals surface area contributed by atoms with Crippen LogP contribution >= 0.6 is 34.5 Å². The number of benzene rings is 1. The van der Waals surface area contributed by atoms with E-state index in [1.807, 2.05) is 11.4 Å². The van der Waals surface area contributed by atoms with Crippen molar-refractivity contribution in [2.75, 3.05) is 5.32 Å². The Labute approximate surface area is 159 Å². The number of thiazole rings is 1. The molecule has 0 saturated carbocycles. The molecule has 0 atom stereocenters. The Hall–Kier alpha value is -2.75. The lowest BCUT2D eigenvalue weighted by atomic mass is 10.2. The number of aromatic amines is 1. The molecule has 4 heterocycles. The number of H-pyrrole nitrogens is 1. The molecule has 0 amide bonds. The molecule has 4 aromatic heterocycles. The van der Waals surface area contributed by atoms with Gasteiger partial charge in [0.15, 0.2) is 11.5 Å². The lowest BCUT2D eigenvalue weighted by molar-refractivity contribution is 0.987. The molecule has 5 aromatic rings. The van der Waals surface area contributed by atoms with E-state index in [9.17, 15) is 0 Å². The molecule has 5 rings (SSSR count). The van der Waals surface area contributed by atoms with Crippen LogP contribution < -0.4 is 5.32 Å². The van der Waals surface area contributed by atoms with E-state index in [1.54, 1.807) is 23.0 Å². The number of anilines is 2. The monoisotopic (exact) mass is 402 g/mol. The van der Waals surface area contributed by atoms with Gasteiger partial charge in [-0.15, -0.1) is 16.4 Å². The van der Waals surface area contributed by atoms with Crippen molar-refractivity contribution in [2.45, 2.75) is 0 Å². The van der Waals surface area contributed by atoms with Crippen LogP contribution in [-0.4, -0.2) is 34.5 Å². The summed E-state index contributed by atoms with van der Waals surface area (Å²) in [5.74, 6) is 0.967. The van der Waals surface area contributed by atoms with Crippen LogP contribution in [0.15, 0.2) is 36.2 Å². The summed E-state index contributed by atoms with van der Waals surface area (Å²) in [7, 11) is 0. The van der Waals surface area contributed by atoms with Gasteiger partial charge < -0.3 is 10.3 Å². The molecule has 8 nitrogen and oxygen atoms in total. The largest absolute Gasteiger partial charge is 0.340 e. The zero-order valence-corrected chi connectivity index (χ0v) is 15.1. The van der Waals surface area contributed by atoms with E-state index in [-0.39, 0.29) is 0 Å². The second-order valence-electron chi connectivity index (χ2n) is 5.32. The van der Waals surface area contributed by atoms with E-state index in [2.05, 4.69) is 35.3 Å². The summed E-state index contributed by atoms with van der Waals surface area (Å²) >= 11 is 13.8. The quantitative estimate of drug-likeness (QED) is 0.469. The van der Waals surface area contributed by atoms with E-state index >= 15 is 0 Å². The van der Waals surface area contributed by atoms with Crippen molar-refractivity contribution in [3.8, 4) is 11.3 Å². The predicted octanol–water partition coefficient (Wildman–Crippen LogP) is 4.17. The normalized spacial score (nSPS) is 11.5. The Bertz CT molecular complexity index is 1260. The first-order valence-corrected chi connectivity index (χ1v) is 9.03. The maximum Gasteiger partial charge on any atom is 0.249 e. The highest BCUT2D eigenvalue weighted by molar-refractivity contribution is 7.15. The number of rotatable bonds is 3. The Morgan fingerprint density at radius 3 is 2.96 bits per heavy atom. The number of aromatic nitrogens is 7. The average molecular weight is 403 g/mol. The summed E-state index contributed by atoms with van der Waals surface area (Å²) < 4.78 is 1.73. The molecule has 11 heteroatoms. The summed E-state index contributed by atoms with van der Waals surface area (Å²) in [6, 6.07) is 5.35. The first kappa shape index (κ1) is 15.5. The second-order valence-corrected chi connectivity index (χ2v) is 7.00. The van der Waals surface area contributed by atoms with Crippen LogP contribution in [0.2, 0.25) is 10.0 Å². The summed E-state index contributed by atoms with van der Waals surface area (Å²) in [6.45, 7) is 0. The summed E-state index contributed by atoms with van der Waals surface area (Å²) in [5.41, 5.74) is 2.92. The van der Waals surface area contributed by atoms with Crippen LogP contribution in [0.3, 0.4) is 0 Å². The van der Waals surface area contributed by atoms with Gasteiger partial charge in [-0.25, -0.2) is 19.5 Å². The van der Waals surface area contributed by atoms with Crippen molar-refractivity contribution in [3.63, 3.8) is 0 Å². The molecule has 0 spiro atoms. The molecule has 0 aliphatic rings. The van der Waals surface area contributed by atoms with Crippen molar-refractivity contribution in [1.82, 2.24) is 34.5 Å². The van der Waals surface area contributed by atoms with Gasteiger partial charge in [-0.1, -0.05) is 23.2 Å². The van der Waals surface area contributed by atoms with Crippen molar-refractivity contribution in [2.24, 2.45) is 0 Å². The van der Waals surface area contributed by atoms with Crippen LogP contribution in [0.25, 0.3) is 27.4 Å². The Balaban J connectivity index is 1.57. The Kier molecular flexibility index (Phi) is 3.52. The summed E-state index contributed by atoms with van der Waals surface area (Å²) in [5, 5.41) is 10.7. The number of hydrogen-bond donors (Lipinski definition) is 2. The van der Waals surface area contributed by atoms with Gasteiger partial charge >= 0.3 is 0 Å². The highest BCUT2D eigenvalue weighted by atomic mass is 35.5. The smallest absolute Gasteiger partial charge is 0.249 e. The number of halogens is 2. The van der Waals surface area contributed by atoms with Gasteiger partial charge in [-0.3, -0.25) is 0 Å². The highest BCUT2D eigenvalue weighted by Gasteiger charge is 2.15. The van der Waals surface area contributed by atoms with Crippen molar-refractivity contribution >= 4 is 62.4 Å². The van der Waals surface area contributed by atoms with Crippen molar-refractivity contribution < 1.29 is 0 Å². The van der Waals surface area contributed by atoms with E-state index < -0.39 is 0 Å². The van der Waals surface area contributed by atoms with Crippen molar-refractivity contribution in [3.05, 3.63) is 46.3 Å². The second kappa shape index (κ2) is 5.90. The van der Waals surface area contributed by atoms with E-state index in [0.29, 0.717) is 33.0 Å². The van der Waals surface area contributed by atoms with Crippen LogP contribution in [0, 0.1) is 0 Å². The van der Waals surface area contributed by atoms with Gasteiger partial charge in [0.05, 0.1) is 17.0 Å². The fourth-order valence-corrected chi connectivity index (χ4v) is 3.91. The zero-order chi connectivity index (χ0) is 17.7. The molecular weight excluding hydrogens is 395 g/mol. The molecular formula is C15H8Cl2N8S. The van der Waals surface area contributed by atoms with Gasteiger partial charge in [-0.05, 0) is 18.2 Å². The predicted molar refractivity (Wildman–Crippen MR) is 101 cm³/mol. The number of fused-ring (bicyclic) bond motifs is 2. The van der Waals surface area contributed by atoms with E-state index in [0.717, 1.165) is 16.2 Å². The first-order chi connectivity index (χ1) is 12.7. The van der Waals surface area contributed by atoms with Crippen LogP contribution in [0.4, 0.5) is 11.8 Å². The molecule has 0 radical (unpaired) electrons. The van der Waals surface area contributed by atoms with Gasteiger partial charge in [0.1, 0.15) is 11.8 Å². The van der Waals surface area contributed by atoms with Gasteiger partial charge in [0, 0.05) is 16.0 Å². The molecule has 0 fully saturated rings. The first-order valence-electron chi connectivity index (χ1n) is 7.40. The number of imidazole rings is 1. The Morgan fingerprint density at radius 1 is 1.15 bits per heavy atom. The fraction of sp³-hybridized carbons (Fsp3) is 0. The van der Waals surface area contributed by atoms with Gasteiger partial charge in [-0.2, -0.15) is 4.98 Å². The third kappa shape index (κ3) is 2.48. The lowest BCUT2D eigenvalue weighted by Crippen LogP contribution is -1.98. The molecule has 0 saturated heterocycles. The highest BCUT2D eigenvalue weighted by Crippen LogP contribution is 2.33. The van der Waals surface area contributed by atoms with Gasteiger partial charge in [0.2, 0.25) is 10.9 Å². The molecule has 2 N–H and O–H groups in total. The molecule has 0 unspecified atom stereocenters. The summed E-state index contributed by atoms with van der Waals surface area (Å²) in [4.78, 5) is 20.6. The molecule has 0 aliphatic heterocycles. The zero-order valence-electron chi connectivity index (χ0n) is 12.8. The molecule has 128 valence electrons. The third-order valence-electron chi connectivity index (χ3n) is 3.74. The standard InChI is InChI=1S/C15H8Cl2N8S/c16-7-1-2-8(9(17)3-7)10-4-26-15-23-14(24-25(10)15)22-13-11-12(19-5-18-11)20-6-21-13/h1-6H,(H2,18,19,20,21,22,24). The molecule has 0 bridgehead atoms. The topological polar surface area (TPSA) is 96.7 Å². The third-order valence-corrected chi connectivity index (χ3v) is 5.11. The number of nitrogens with zero attached hydrogens (tertiary/aromatic N) is 6. The molecule has 26 heavy (non-hydrogen) atoms. The summed E-state index contributed by atoms with van der Waals surface area (Å²) in [6.07, 6.45) is 2.99. The van der Waals surface area contributed by atoms with E-state index in [4.69, 9.17) is 23.2 Å². The van der Waals surface area contributed by atoms with Gasteiger partial charge in [0.25, 0.3) is 0 Å². The van der Waals surface area contributed by atoms with Crippen LogP contribution in [0.1, 0.15) is 0 Å². The number of nitrogens with one attached hydrogen (secondary N) is 2.